The van der Waals surface area contributed by atoms with Crippen LogP contribution in [-0.2, 0) is 16.1 Å². The first-order valence-corrected chi connectivity index (χ1v) is 9.74. The third-order valence-electron chi connectivity index (χ3n) is 5.13. The van der Waals surface area contributed by atoms with Gasteiger partial charge >= 0.3 is 6.09 Å². The third-order valence-corrected chi connectivity index (χ3v) is 5.13. The van der Waals surface area contributed by atoms with Crippen molar-refractivity contribution in [3.8, 4) is 0 Å². The van der Waals surface area contributed by atoms with Crippen LogP contribution in [0.5, 0.6) is 0 Å². The molecule has 2 amide bonds. The van der Waals surface area contributed by atoms with Crippen LogP contribution in [0.3, 0.4) is 0 Å². The van der Waals surface area contributed by atoms with E-state index >= 15 is 0 Å². The van der Waals surface area contributed by atoms with Crippen LogP contribution in [0.2, 0.25) is 0 Å². The summed E-state index contributed by atoms with van der Waals surface area (Å²) in [5.74, 6) is 0.130. The van der Waals surface area contributed by atoms with E-state index < -0.39 is 5.60 Å². The maximum Gasteiger partial charge on any atom is 0.410 e. The predicted octanol–water partition coefficient (Wildman–Crippen LogP) is 3.25. The van der Waals surface area contributed by atoms with E-state index in [1.807, 2.05) is 63.9 Å². The van der Waals surface area contributed by atoms with Gasteiger partial charge in [0.25, 0.3) is 0 Å². The first-order chi connectivity index (χ1) is 12.7. The summed E-state index contributed by atoms with van der Waals surface area (Å²) >= 11 is 0. The van der Waals surface area contributed by atoms with Crippen molar-refractivity contribution in [2.45, 2.75) is 64.8 Å². The molecule has 0 bridgehead atoms. The number of carbonyl (C=O) groups excluding carboxylic acids is 2. The van der Waals surface area contributed by atoms with Crippen LogP contribution in [0.15, 0.2) is 24.3 Å². The molecule has 6 heteroatoms. The lowest BCUT2D eigenvalue weighted by molar-refractivity contribution is -0.128. The van der Waals surface area contributed by atoms with Crippen LogP contribution in [0, 0.1) is 0 Å². The molecule has 1 aliphatic carbocycles. The fourth-order valence-corrected chi connectivity index (χ4v) is 3.46. The molecule has 1 saturated carbocycles. The molecule has 6 nitrogen and oxygen atoms in total. The highest BCUT2D eigenvalue weighted by atomic mass is 16.6. The molecule has 0 aromatic heterocycles. The molecule has 2 aliphatic rings. The van der Waals surface area contributed by atoms with Gasteiger partial charge in [-0.05, 0) is 52.2 Å². The van der Waals surface area contributed by atoms with Gasteiger partial charge in [-0.3, -0.25) is 9.69 Å². The maximum absolute atomic E-state index is 12.7. The standard InChI is InChI=1S/C21H31N3O3/c1-15-12-23(14-19(25)22(5)17-10-11-17)18-9-7-6-8-16(18)13-24(15)20(26)27-21(2,3)4/h6-9,15,17H,10-14H2,1-5H3/t15-/m1/s1. The Morgan fingerprint density at radius 1 is 1.22 bits per heavy atom. The lowest BCUT2D eigenvalue weighted by Gasteiger charge is -2.32. The minimum absolute atomic E-state index is 0.0636. The average molecular weight is 373 g/mol. The molecular formula is C21H31N3O3. The number of fused-ring (bicyclic) bond motifs is 1. The molecule has 3 rings (SSSR count). The molecule has 0 radical (unpaired) electrons. The van der Waals surface area contributed by atoms with Crippen molar-refractivity contribution in [3.63, 3.8) is 0 Å². The topological polar surface area (TPSA) is 53.1 Å². The van der Waals surface area contributed by atoms with Crippen LogP contribution in [-0.4, -0.2) is 59.6 Å². The zero-order valence-corrected chi connectivity index (χ0v) is 17.1. The summed E-state index contributed by atoms with van der Waals surface area (Å²) in [5, 5.41) is 0. The number of ether oxygens (including phenoxy) is 1. The Hall–Kier alpha value is -2.24. The highest BCUT2D eigenvalue weighted by molar-refractivity contribution is 5.82. The summed E-state index contributed by atoms with van der Waals surface area (Å²) in [7, 11) is 1.89. The number of amides is 2. The van der Waals surface area contributed by atoms with E-state index in [0.717, 1.165) is 24.1 Å². The zero-order valence-electron chi connectivity index (χ0n) is 17.1. The van der Waals surface area contributed by atoms with E-state index in [2.05, 4.69) is 4.90 Å². The maximum atomic E-state index is 12.7. The Kier molecular flexibility index (Phi) is 5.36. The summed E-state index contributed by atoms with van der Waals surface area (Å²) in [6.07, 6.45) is 1.89. The Labute approximate surface area is 162 Å². The Bertz CT molecular complexity index is 709. The van der Waals surface area contributed by atoms with Crippen LogP contribution >= 0.6 is 0 Å². The second-order valence-corrected chi connectivity index (χ2v) is 8.70. The molecule has 0 N–H and O–H groups in total. The van der Waals surface area contributed by atoms with Gasteiger partial charge in [-0.1, -0.05) is 18.2 Å². The number of anilines is 1. The van der Waals surface area contributed by atoms with Gasteiger partial charge in [-0.2, -0.15) is 0 Å². The van der Waals surface area contributed by atoms with E-state index in [1.54, 1.807) is 4.90 Å². The van der Waals surface area contributed by atoms with Gasteiger partial charge < -0.3 is 14.5 Å². The van der Waals surface area contributed by atoms with Crippen molar-refractivity contribution in [1.29, 1.82) is 0 Å². The van der Waals surface area contributed by atoms with Crippen molar-refractivity contribution in [2.75, 3.05) is 25.0 Å². The van der Waals surface area contributed by atoms with Gasteiger partial charge in [-0.25, -0.2) is 4.79 Å². The third kappa shape index (κ3) is 4.73. The van der Waals surface area contributed by atoms with E-state index in [0.29, 0.717) is 25.7 Å². The lowest BCUT2D eigenvalue weighted by atomic mass is 10.1. The molecule has 1 heterocycles. The Balaban J connectivity index is 1.81. The lowest BCUT2D eigenvalue weighted by Crippen LogP contribution is -2.47. The largest absolute Gasteiger partial charge is 0.444 e. The summed E-state index contributed by atoms with van der Waals surface area (Å²) in [5.41, 5.74) is 1.52. The van der Waals surface area contributed by atoms with E-state index in [4.69, 9.17) is 4.74 Å². The minimum atomic E-state index is -0.536. The molecule has 1 aliphatic heterocycles. The number of nitrogens with zero attached hydrogens (tertiary/aromatic N) is 3. The summed E-state index contributed by atoms with van der Waals surface area (Å²) in [6.45, 7) is 9.05. The smallest absolute Gasteiger partial charge is 0.410 e. The Morgan fingerprint density at radius 2 is 1.89 bits per heavy atom. The molecule has 0 spiro atoms. The number of hydrogen-bond acceptors (Lipinski definition) is 4. The van der Waals surface area contributed by atoms with E-state index in [1.165, 1.54) is 0 Å². The second-order valence-electron chi connectivity index (χ2n) is 8.70. The van der Waals surface area contributed by atoms with Crippen LogP contribution in [0.4, 0.5) is 10.5 Å². The van der Waals surface area contributed by atoms with Crippen molar-refractivity contribution < 1.29 is 14.3 Å². The monoisotopic (exact) mass is 373 g/mol. The van der Waals surface area contributed by atoms with Gasteiger partial charge in [0.1, 0.15) is 5.60 Å². The van der Waals surface area contributed by atoms with E-state index in [9.17, 15) is 9.59 Å². The molecule has 27 heavy (non-hydrogen) atoms. The predicted molar refractivity (Wildman–Crippen MR) is 106 cm³/mol. The summed E-state index contributed by atoms with van der Waals surface area (Å²) in [4.78, 5) is 31.2. The van der Waals surface area contributed by atoms with Gasteiger partial charge in [0.05, 0.1) is 19.1 Å². The van der Waals surface area contributed by atoms with Crippen molar-refractivity contribution in [3.05, 3.63) is 29.8 Å². The van der Waals surface area contributed by atoms with Gasteiger partial charge in [0.15, 0.2) is 0 Å². The first-order valence-electron chi connectivity index (χ1n) is 9.74. The second kappa shape index (κ2) is 7.41. The zero-order chi connectivity index (χ0) is 19.8. The number of likely N-dealkylation sites (N-methyl/N-ethyl adjacent to an activating group) is 1. The molecule has 1 fully saturated rings. The molecule has 1 atom stereocenters. The van der Waals surface area contributed by atoms with Crippen molar-refractivity contribution in [1.82, 2.24) is 9.80 Å². The molecule has 148 valence electrons. The number of carbonyl (C=O) groups is 2. The Morgan fingerprint density at radius 3 is 2.52 bits per heavy atom. The highest BCUT2D eigenvalue weighted by Crippen LogP contribution is 2.29. The number of benzene rings is 1. The van der Waals surface area contributed by atoms with Crippen molar-refractivity contribution in [2.24, 2.45) is 0 Å². The molecule has 1 aromatic rings. The van der Waals surface area contributed by atoms with Crippen LogP contribution in [0.1, 0.15) is 46.1 Å². The minimum Gasteiger partial charge on any atom is -0.444 e. The average Bonchev–Trinajstić information content (AvgIpc) is 3.41. The number of rotatable bonds is 3. The summed E-state index contributed by atoms with van der Waals surface area (Å²) < 4.78 is 5.61. The molecule has 0 saturated heterocycles. The van der Waals surface area contributed by atoms with Crippen molar-refractivity contribution >= 4 is 17.7 Å². The first kappa shape index (κ1) is 19.5. The molecule has 1 aromatic carbocycles. The quantitative estimate of drug-likeness (QED) is 0.816. The van der Waals surface area contributed by atoms with E-state index in [-0.39, 0.29) is 18.0 Å². The number of para-hydroxylation sites is 1. The fraction of sp³-hybridized carbons (Fsp3) is 0.619. The fourth-order valence-electron chi connectivity index (χ4n) is 3.46. The number of hydrogen-bond donors (Lipinski definition) is 0. The van der Waals surface area contributed by atoms with Gasteiger partial charge in [0.2, 0.25) is 5.91 Å². The highest BCUT2D eigenvalue weighted by Gasteiger charge is 2.34. The SMILES string of the molecule is C[C@@H]1CN(CC(=O)N(C)C2CC2)c2ccccc2CN1C(=O)OC(C)(C)C. The molecule has 0 unspecified atom stereocenters. The van der Waals surface area contributed by atoms with Gasteiger partial charge in [0, 0.05) is 25.3 Å². The normalized spacial score (nSPS) is 20.0. The van der Waals surface area contributed by atoms with Crippen LogP contribution < -0.4 is 4.90 Å². The summed E-state index contributed by atoms with van der Waals surface area (Å²) in [6, 6.07) is 8.34. The van der Waals surface area contributed by atoms with Crippen LogP contribution in [0.25, 0.3) is 0 Å². The van der Waals surface area contributed by atoms with Gasteiger partial charge in [-0.15, -0.1) is 0 Å². The molecular weight excluding hydrogens is 342 g/mol.